The van der Waals surface area contributed by atoms with Gasteiger partial charge in [-0.05, 0) is 25.3 Å². The topological polar surface area (TPSA) is 40.9 Å². The molecule has 0 saturated carbocycles. The lowest BCUT2D eigenvalue weighted by molar-refractivity contribution is -0.118. The average molecular weight is 336 g/mol. The van der Waals surface area contributed by atoms with E-state index in [0.717, 1.165) is 37.7 Å². The van der Waals surface area contributed by atoms with Crippen LogP contribution in [0.3, 0.4) is 0 Å². The zero-order chi connectivity index (χ0) is 14.8. The highest BCUT2D eigenvalue weighted by Gasteiger charge is 2.18. The van der Waals surface area contributed by atoms with E-state index in [9.17, 15) is 4.79 Å². The third kappa shape index (κ3) is 5.88. The molecule has 0 aliphatic heterocycles. The first-order valence-electron chi connectivity index (χ1n) is 7.21. The molecular formula is C17H22BrNO. The molecule has 0 fully saturated rings. The Bertz CT molecular complexity index is 464. The highest BCUT2D eigenvalue weighted by molar-refractivity contribution is 9.09. The molecule has 0 saturated heterocycles. The lowest BCUT2D eigenvalue weighted by Gasteiger charge is -2.15. The van der Waals surface area contributed by atoms with Crippen LogP contribution in [0.4, 0.5) is 0 Å². The number of aryl methyl sites for hydroxylation is 1. The molecule has 0 bridgehead atoms. The van der Waals surface area contributed by atoms with Crippen molar-refractivity contribution in [3.8, 4) is 6.07 Å². The van der Waals surface area contributed by atoms with Crippen LogP contribution in [0.5, 0.6) is 0 Å². The number of hydrogen-bond donors (Lipinski definition) is 0. The first-order valence-corrected chi connectivity index (χ1v) is 8.33. The fourth-order valence-electron chi connectivity index (χ4n) is 2.40. The molecule has 1 aromatic carbocycles. The van der Waals surface area contributed by atoms with E-state index in [4.69, 9.17) is 5.26 Å². The minimum Gasteiger partial charge on any atom is -0.298 e. The molecule has 1 atom stereocenters. The van der Waals surface area contributed by atoms with Crippen molar-refractivity contribution in [1.82, 2.24) is 0 Å². The molecule has 0 N–H and O–H groups in total. The van der Waals surface area contributed by atoms with Gasteiger partial charge in [0.25, 0.3) is 0 Å². The molecule has 1 rings (SSSR count). The lowest BCUT2D eigenvalue weighted by Crippen LogP contribution is -2.14. The zero-order valence-corrected chi connectivity index (χ0v) is 13.7. The zero-order valence-electron chi connectivity index (χ0n) is 12.1. The number of Topliss-reactive ketones (excluding diaryl/α,β-unsaturated/α-hetero) is 1. The van der Waals surface area contributed by atoms with Gasteiger partial charge >= 0.3 is 0 Å². The van der Waals surface area contributed by atoms with Crippen LogP contribution < -0.4 is 0 Å². The van der Waals surface area contributed by atoms with Crippen LogP contribution in [0.2, 0.25) is 0 Å². The number of hydrogen-bond acceptors (Lipinski definition) is 2. The Morgan fingerprint density at radius 3 is 2.70 bits per heavy atom. The first kappa shape index (κ1) is 16.9. The SMILES string of the molecule is Cc1cccc(C(CCCCCCC#N)C(=O)CBr)c1. The average Bonchev–Trinajstić information content (AvgIpc) is 2.46. The van der Waals surface area contributed by atoms with Gasteiger partial charge in [-0.15, -0.1) is 0 Å². The molecule has 1 unspecified atom stereocenters. The molecule has 0 spiro atoms. The number of alkyl halides is 1. The van der Waals surface area contributed by atoms with Gasteiger partial charge in [0.2, 0.25) is 0 Å². The first-order chi connectivity index (χ1) is 9.69. The summed E-state index contributed by atoms with van der Waals surface area (Å²) in [6.45, 7) is 2.06. The van der Waals surface area contributed by atoms with Crippen LogP contribution in [-0.2, 0) is 4.79 Å². The summed E-state index contributed by atoms with van der Waals surface area (Å²) in [5.74, 6) is 0.262. The Morgan fingerprint density at radius 2 is 2.05 bits per heavy atom. The van der Waals surface area contributed by atoms with E-state index >= 15 is 0 Å². The highest BCUT2D eigenvalue weighted by atomic mass is 79.9. The van der Waals surface area contributed by atoms with Crippen molar-refractivity contribution in [2.45, 2.75) is 51.4 Å². The molecule has 0 aliphatic carbocycles. The van der Waals surface area contributed by atoms with Gasteiger partial charge in [0, 0.05) is 12.3 Å². The van der Waals surface area contributed by atoms with Crippen molar-refractivity contribution in [1.29, 1.82) is 5.26 Å². The summed E-state index contributed by atoms with van der Waals surface area (Å²) < 4.78 is 0. The van der Waals surface area contributed by atoms with E-state index < -0.39 is 0 Å². The predicted octanol–water partition coefficient (Wildman–Crippen LogP) is 4.91. The molecule has 0 heterocycles. The number of carbonyl (C=O) groups is 1. The standard InChI is InChI=1S/C17H22BrNO/c1-14-8-7-9-15(12-14)16(17(20)13-18)10-5-3-2-4-6-11-19/h7-9,12,16H,2-6,10,13H2,1H3. The monoisotopic (exact) mass is 335 g/mol. The summed E-state index contributed by atoms with van der Waals surface area (Å²) in [5.41, 5.74) is 2.33. The summed E-state index contributed by atoms with van der Waals surface area (Å²) in [5, 5.41) is 8.91. The number of benzene rings is 1. The predicted molar refractivity (Wildman–Crippen MR) is 86.0 cm³/mol. The molecule has 108 valence electrons. The van der Waals surface area contributed by atoms with E-state index in [-0.39, 0.29) is 11.7 Å². The molecular weight excluding hydrogens is 314 g/mol. The van der Waals surface area contributed by atoms with Crippen LogP contribution >= 0.6 is 15.9 Å². The van der Waals surface area contributed by atoms with Crippen molar-refractivity contribution >= 4 is 21.7 Å². The lowest BCUT2D eigenvalue weighted by atomic mass is 9.89. The van der Waals surface area contributed by atoms with Gasteiger partial charge in [-0.1, -0.05) is 65.0 Å². The third-order valence-electron chi connectivity index (χ3n) is 3.50. The van der Waals surface area contributed by atoms with Crippen LogP contribution in [0.15, 0.2) is 24.3 Å². The molecule has 0 radical (unpaired) electrons. The Morgan fingerprint density at radius 1 is 1.30 bits per heavy atom. The van der Waals surface area contributed by atoms with Gasteiger partial charge in [0.1, 0.15) is 0 Å². The van der Waals surface area contributed by atoms with Crippen molar-refractivity contribution in [3.05, 3.63) is 35.4 Å². The highest BCUT2D eigenvalue weighted by Crippen LogP contribution is 2.25. The summed E-state index contributed by atoms with van der Waals surface area (Å²) >= 11 is 3.29. The van der Waals surface area contributed by atoms with Crippen LogP contribution in [0.1, 0.15) is 55.6 Å². The number of nitrogens with zero attached hydrogens (tertiary/aromatic N) is 1. The third-order valence-corrected chi connectivity index (χ3v) is 4.05. The van der Waals surface area contributed by atoms with E-state index in [0.29, 0.717) is 11.8 Å². The van der Waals surface area contributed by atoms with Gasteiger partial charge in [-0.25, -0.2) is 0 Å². The van der Waals surface area contributed by atoms with Crippen molar-refractivity contribution in [3.63, 3.8) is 0 Å². The number of nitriles is 1. The van der Waals surface area contributed by atoms with Crippen LogP contribution in [0, 0.1) is 18.3 Å². The van der Waals surface area contributed by atoms with Gasteiger partial charge in [0.05, 0.1) is 11.4 Å². The second-order valence-electron chi connectivity index (χ2n) is 5.18. The molecule has 0 amide bonds. The molecule has 20 heavy (non-hydrogen) atoms. The summed E-state index contributed by atoms with van der Waals surface area (Å²) in [4.78, 5) is 12.1. The van der Waals surface area contributed by atoms with E-state index in [1.54, 1.807) is 0 Å². The Hall–Kier alpha value is -1.14. The van der Waals surface area contributed by atoms with Gasteiger partial charge in [0.15, 0.2) is 5.78 Å². The van der Waals surface area contributed by atoms with E-state index in [1.165, 1.54) is 5.56 Å². The second-order valence-corrected chi connectivity index (χ2v) is 5.74. The Kier molecular flexibility index (Phi) is 8.22. The molecule has 2 nitrogen and oxygen atoms in total. The van der Waals surface area contributed by atoms with Gasteiger partial charge < -0.3 is 0 Å². The Labute approximate surface area is 130 Å². The maximum absolute atomic E-state index is 12.1. The fraction of sp³-hybridized carbons (Fsp3) is 0.529. The fourth-order valence-corrected chi connectivity index (χ4v) is 2.79. The summed E-state index contributed by atoms with van der Waals surface area (Å²) in [7, 11) is 0. The molecule has 3 heteroatoms. The second kappa shape index (κ2) is 9.72. The molecule has 0 aromatic heterocycles. The van der Waals surface area contributed by atoms with Crippen molar-refractivity contribution < 1.29 is 4.79 Å². The van der Waals surface area contributed by atoms with Crippen LogP contribution in [0.25, 0.3) is 0 Å². The normalized spacial score (nSPS) is 11.8. The number of rotatable bonds is 9. The van der Waals surface area contributed by atoms with Crippen LogP contribution in [-0.4, -0.2) is 11.1 Å². The van der Waals surface area contributed by atoms with Gasteiger partial charge in [-0.3, -0.25) is 4.79 Å². The minimum absolute atomic E-state index is 0.00485. The smallest absolute Gasteiger partial charge is 0.150 e. The number of ketones is 1. The quantitative estimate of drug-likeness (QED) is 0.475. The Balaban J connectivity index is 2.54. The number of unbranched alkanes of at least 4 members (excludes halogenated alkanes) is 4. The maximum Gasteiger partial charge on any atom is 0.150 e. The number of carbonyl (C=O) groups excluding carboxylic acids is 1. The van der Waals surface area contributed by atoms with Gasteiger partial charge in [-0.2, -0.15) is 5.26 Å². The molecule has 0 aliphatic rings. The van der Waals surface area contributed by atoms with Crippen molar-refractivity contribution in [2.24, 2.45) is 0 Å². The summed E-state index contributed by atoms with van der Waals surface area (Å²) in [6, 6.07) is 10.4. The largest absolute Gasteiger partial charge is 0.298 e. The maximum atomic E-state index is 12.1. The van der Waals surface area contributed by atoms with E-state index in [2.05, 4.69) is 41.1 Å². The number of halogens is 1. The summed E-state index contributed by atoms with van der Waals surface area (Å²) in [6.07, 6.45) is 5.74. The van der Waals surface area contributed by atoms with Crippen molar-refractivity contribution in [2.75, 3.05) is 5.33 Å². The molecule has 1 aromatic rings. The van der Waals surface area contributed by atoms with E-state index in [1.807, 2.05) is 12.1 Å². The minimum atomic E-state index is 0.00485.